The van der Waals surface area contributed by atoms with Gasteiger partial charge in [-0.3, -0.25) is 0 Å². The van der Waals surface area contributed by atoms with Crippen molar-refractivity contribution in [1.82, 2.24) is 0 Å². The van der Waals surface area contributed by atoms with Crippen molar-refractivity contribution in [3.63, 3.8) is 0 Å². The summed E-state index contributed by atoms with van der Waals surface area (Å²) in [6.45, 7) is 3.81. The lowest BCUT2D eigenvalue weighted by molar-refractivity contribution is 0.409. The van der Waals surface area contributed by atoms with E-state index in [0.717, 1.165) is 17.7 Å². The zero-order valence-corrected chi connectivity index (χ0v) is 10.0. The van der Waals surface area contributed by atoms with E-state index in [0.29, 0.717) is 0 Å². The average Bonchev–Trinajstić information content (AvgIpc) is 2.39. The number of hydrogen-bond acceptors (Lipinski definition) is 1. The monoisotopic (exact) mass is 224 g/mol. The van der Waals surface area contributed by atoms with Gasteiger partial charge in [0.15, 0.2) is 0 Å². The molecule has 0 radical (unpaired) electrons. The second-order valence-electron chi connectivity index (χ2n) is 3.91. The number of ether oxygens (including phenoxy) is 1. The molecule has 0 spiro atoms. The Kier molecular flexibility index (Phi) is 3.61. The summed E-state index contributed by atoms with van der Waals surface area (Å²) >= 11 is 0. The van der Waals surface area contributed by atoms with Crippen LogP contribution >= 0.6 is 0 Å². The fourth-order valence-corrected chi connectivity index (χ4v) is 1.97. The van der Waals surface area contributed by atoms with E-state index >= 15 is 0 Å². The van der Waals surface area contributed by atoms with Crippen molar-refractivity contribution < 1.29 is 4.74 Å². The third-order valence-electron chi connectivity index (χ3n) is 2.79. The highest BCUT2D eigenvalue weighted by molar-refractivity contribution is 5.59. The summed E-state index contributed by atoms with van der Waals surface area (Å²) < 4.78 is 5.47. The van der Waals surface area contributed by atoms with Crippen molar-refractivity contribution in [2.24, 2.45) is 0 Å². The van der Waals surface area contributed by atoms with Crippen molar-refractivity contribution >= 4 is 6.08 Å². The van der Waals surface area contributed by atoms with Gasteiger partial charge in [0.25, 0.3) is 0 Å². The SMILES string of the molecule is C=Cc1cccc(Cc2ccccc2)c1OC. The Labute approximate surface area is 102 Å². The third kappa shape index (κ3) is 2.56. The number of rotatable bonds is 4. The standard InChI is InChI=1S/C16H16O/c1-3-14-10-7-11-15(16(14)17-2)12-13-8-5-4-6-9-13/h3-11H,1,12H2,2H3. The molecule has 0 aliphatic carbocycles. The number of para-hydroxylation sites is 1. The first-order valence-electron chi connectivity index (χ1n) is 5.67. The first kappa shape index (κ1) is 11.5. The Morgan fingerprint density at radius 3 is 2.47 bits per heavy atom. The fraction of sp³-hybridized carbons (Fsp3) is 0.125. The topological polar surface area (TPSA) is 9.23 Å². The molecule has 0 bridgehead atoms. The maximum absolute atomic E-state index is 5.47. The molecule has 0 saturated heterocycles. The lowest BCUT2D eigenvalue weighted by Crippen LogP contribution is -1.95. The molecule has 17 heavy (non-hydrogen) atoms. The van der Waals surface area contributed by atoms with Crippen LogP contribution in [0.3, 0.4) is 0 Å². The van der Waals surface area contributed by atoms with Gasteiger partial charge in [-0.1, -0.05) is 61.2 Å². The molecule has 0 aliphatic heterocycles. The predicted molar refractivity (Wildman–Crippen MR) is 72.3 cm³/mol. The Balaban J connectivity index is 2.36. The van der Waals surface area contributed by atoms with Gasteiger partial charge in [-0.2, -0.15) is 0 Å². The minimum absolute atomic E-state index is 0.881. The van der Waals surface area contributed by atoms with E-state index in [4.69, 9.17) is 4.74 Å². The van der Waals surface area contributed by atoms with E-state index in [1.165, 1.54) is 11.1 Å². The average molecular weight is 224 g/mol. The first-order valence-corrected chi connectivity index (χ1v) is 5.67. The maximum atomic E-state index is 5.47. The van der Waals surface area contributed by atoms with Crippen LogP contribution in [0, 0.1) is 0 Å². The normalized spacial score (nSPS) is 9.94. The van der Waals surface area contributed by atoms with Gasteiger partial charge in [0.05, 0.1) is 7.11 Å². The zero-order valence-electron chi connectivity index (χ0n) is 10.0. The molecule has 2 aromatic carbocycles. The van der Waals surface area contributed by atoms with Gasteiger partial charge in [0, 0.05) is 12.0 Å². The molecule has 1 nitrogen and oxygen atoms in total. The van der Waals surface area contributed by atoms with Gasteiger partial charge in [-0.05, 0) is 11.1 Å². The van der Waals surface area contributed by atoms with Crippen LogP contribution in [0.25, 0.3) is 6.08 Å². The van der Waals surface area contributed by atoms with Crippen molar-refractivity contribution in [3.05, 3.63) is 71.8 Å². The molecule has 0 saturated carbocycles. The first-order chi connectivity index (χ1) is 8.35. The van der Waals surface area contributed by atoms with Gasteiger partial charge in [-0.15, -0.1) is 0 Å². The molecular weight excluding hydrogens is 208 g/mol. The molecular formula is C16H16O. The summed E-state index contributed by atoms with van der Waals surface area (Å²) in [6, 6.07) is 16.5. The fourth-order valence-electron chi connectivity index (χ4n) is 1.97. The molecule has 2 rings (SSSR count). The van der Waals surface area contributed by atoms with Crippen LogP contribution in [0.5, 0.6) is 5.75 Å². The van der Waals surface area contributed by atoms with Gasteiger partial charge in [0.2, 0.25) is 0 Å². The van der Waals surface area contributed by atoms with Crippen molar-refractivity contribution in [3.8, 4) is 5.75 Å². The number of methoxy groups -OCH3 is 1. The lowest BCUT2D eigenvalue weighted by Gasteiger charge is -2.11. The smallest absolute Gasteiger partial charge is 0.129 e. The van der Waals surface area contributed by atoms with E-state index in [-0.39, 0.29) is 0 Å². The summed E-state index contributed by atoms with van der Waals surface area (Å²) in [6.07, 6.45) is 2.71. The highest BCUT2D eigenvalue weighted by Gasteiger charge is 2.06. The molecule has 0 aromatic heterocycles. The molecule has 0 N–H and O–H groups in total. The van der Waals surface area contributed by atoms with E-state index in [9.17, 15) is 0 Å². The van der Waals surface area contributed by atoms with Crippen LogP contribution < -0.4 is 4.74 Å². The maximum Gasteiger partial charge on any atom is 0.129 e. The number of benzene rings is 2. The van der Waals surface area contributed by atoms with Crippen LogP contribution in [0.1, 0.15) is 16.7 Å². The Morgan fingerprint density at radius 1 is 1.06 bits per heavy atom. The van der Waals surface area contributed by atoms with E-state index in [2.05, 4.69) is 36.9 Å². The van der Waals surface area contributed by atoms with Gasteiger partial charge >= 0.3 is 0 Å². The minimum Gasteiger partial charge on any atom is -0.496 e. The minimum atomic E-state index is 0.881. The van der Waals surface area contributed by atoms with Crippen LogP contribution in [0.2, 0.25) is 0 Å². The van der Waals surface area contributed by atoms with Crippen LogP contribution in [0.15, 0.2) is 55.1 Å². The van der Waals surface area contributed by atoms with E-state index in [1.54, 1.807) is 7.11 Å². The molecule has 0 atom stereocenters. The largest absolute Gasteiger partial charge is 0.496 e. The summed E-state index contributed by atoms with van der Waals surface area (Å²) in [5.74, 6) is 0.923. The molecule has 0 fully saturated rings. The molecule has 86 valence electrons. The summed E-state index contributed by atoms with van der Waals surface area (Å²) in [4.78, 5) is 0. The Hall–Kier alpha value is -2.02. The Bertz CT molecular complexity index is 500. The summed E-state index contributed by atoms with van der Waals surface area (Å²) in [5.41, 5.74) is 3.52. The van der Waals surface area contributed by atoms with Crippen LogP contribution in [0.4, 0.5) is 0 Å². The van der Waals surface area contributed by atoms with Crippen molar-refractivity contribution in [2.45, 2.75) is 6.42 Å². The van der Waals surface area contributed by atoms with Gasteiger partial charge in [-0.25, -0.2) is 0 Å². The van der Waals surface area contributed by atoms with Gasteiger partial charge in [0.1, 0.15) is 5.75 Å². The molecule has 2 aromatic rings. The molecule has 0 unspecified atom stereocenters. The van der Waals surface area contributed by atoms with E-state index < -0.39 is 0 Å². The Morgan fingerprint density at radius 2 is 1.82 bits per heavy atom. The molecule has 1 heteroatoms. The van der Waals surface area contributed by atoms with Crippen LogP contribution in [-0.2, 0) is 6.42 Å². The summed E-state index contributed by atoms with van der Waals surface area (Å²) in [5, 5.41) is 0. The van der Waals surface area contributed by atoms with E-state index in [1.807, 2.05) is 24.3 Å². The lowest BCUT2D eigenvalue weighted by atomic mass is 10.0. The van der Waals surface area contributed by atoms with Crippen molar-refractivity contribution in [2.75, 3.05) is 7.11 Å². The zero-order chi connectivity index (χ0) is 12.1. The molecule has 0 amide bonds. The van der Waals surface area contributed by atoms with Crippen molar-refractivity contribution in [1.29, 1.82) is 0 Å². The second-order valence-corrected chi connectivity index (χ2v) is 3.91. The van der Waals surface area contributed by atoms with Gasteiger partial charge < -0.3 is 4.74 Å². The second kappa shape index (κ2) is 5.35. The summed E-state index contributed by atoms with van der Waals surface area (Å²) in [7, 11) is 1.71. The number of hydrogen-bond donors (Lipinski definition) is 0. The van der Waals surface area contributed by atoms with Crippen LogP contribution in [-0.4, -0.2) is 7.11 Å². The molecule has 0 aliphatic rings. The third-order valence-corrected chi connectivity index (χ3v) is 2.79. The highest BCUT2D eigenvalue weighted by atomic mass is 16.5. The molecule has 0 heterocycles. The predicted octanol–water partition coefficient (Wildman–Crippen LogP) is 3.93. The quantitative estimate of drug-likeness (QED) is 0.764. The highest BCUT2D eigenvalue weighted by Crippen LogP contribution is 2.26.